The normalized spacial score (nSPS) is 10.8. The molecule has 1 heterocycles. The molecule has 4 heteroatoms. The third-order valence-corrected chi connectivity index (χ3v) is 6.00. The Labute approximate surface area is 169 Å². The van der Waals surface area contributed by atoms with Crippen molar-refractivity contribution in [1.29, 1.82) is 0 Å². The molecule has 0 atom stereocenters. The van der Waals surface area contributed by atoms with E-state index in [0.29, 0.717) is 6.42 Å². The van der Waals surface area contributed by atoms with E-state index in [1.807, 2.05) is 35.7 Å². The van der Waals surface area contributed by atoms with Gasteiger partial charge >= 0.3 is 0 Å². The molecule has 0 fully saturated rings. The highest BCUT2D eigenvalue weighted by Gasteiger charge is 2.11. The van der Waals surface area contributed by atoms with Gasteiger partial charge in [-0.15, -0.1) is 11.3 Å². The summed E-state index contributed by atoms with van der Waals surface area (Å²) in [4.78, 5) is 13.7. The average Bonchev–Trinajstić information content (AvgIpc) is 3.14. The van der Waals surface area contributed by atoms with Gasteiger partial charge in [0.25, 0.3) is 0 Å². The van der Waals surface area contributed by atoms with Crippen LogP contribution in [0.25, 0.3) is 0 Å². The second kappa shape index (κ2) is 9.20. The summed E-state index contributed by atoms with van der Waals surface area (Å²) in [6, 6.07) is 16.0. The highest BCUT2D eigenvalue weighted by atomic mass is 35.5. The number of Topliss-reactive ketones (excluding diaryl/α,β-unsaturated/α-hetero) is 1. The van der Waals surface area contributed by atoms with Crippen LogP contribution in [0, 0.1) is 6.92 Å². The molecule has 0 unspecified atom stereocenters. The van der Waals surface area contributed by atoms with Crippen molar-refractivity contribution in [2.24, 2.45) is 0 Å². The molecule has 1 aromatic heterocycles. The van der Waals surface area contributed by atoms with Crippen molar-refractivity contribution >= 4 is 28.7 Å². The lowest BCUT2D eigenvalue weighted by Crippen LogP contribution is -1.98. The Bertz CT molecular complexity index is 892. The second-order valence-corrected chi connectivity index (χ2v) is 8.04. The summed E-state index contributed by atoms with van der Waals surface area (Å²) < 4.78 is 5.17. The van der Waals surface area contributed by atoms with Crippen LogP contribution in [0.5, 0.6) is 5.75 Å². The van der Waals surface area contributed by atoms with Crippen LogP contribution in [-0.4, -0.2) is 12.9 Å². The molecule has 0 amide bonds. The second-order valence-electron chi connectivity index (χ2n) is 6.64. The molecule has 3 rings (SSSR count). The van der Waals surface area contributed by atoms with Crippen molar-refractivity contribution < 1.29 is 9.53 Å². The molecule has 0 aliphatic heterocycles. The number of thiophene rings is 1. The fourth-order valence-electron chi connectivity index (χ4n) is 3.07. The lowest BCUT2D eigenvalue weighted by molar-refractivity contribution is 0.0980. The summed E-state index contributed by atoms with van der Waals surface area (Å²) in [5.74, 6) is 1.07. The lowest BCUT2D eigenvalue weighted by atomic mass is 10.0. The SMILES string of the molecule is COc1ccc(CCCC(=O)c2csc(Cc3c(C)cccc3Cl)c2)cc1. The summed E-state index contributed by atoms with van der Waals surface area (Å²) in [6.07, 6.45) is 3.08. The molecule has 0 radical (unpaired) electrons. The first kappa shape index (κ1) is 19.7. The molecule has 0 bridgehead atoms. The smallest absolute Gasteiger partial charge is 0.163 e. The van der Waals surface area contributed by atoms with E-state index in [1.54, 1.807) is 18.4 Å². The van der Waals surface area contributed by atoms with Gasteiger partial charge in [0.15, 0.2) is 5.78 Å². The molecule has 2 nitrogen and oxygen atoms in total. The standard InChI is InChI=1S/C23H23ClO2S/c1-16-5-3-7-22(24)21(16)14-20-13-18(15-27-20)23(25)8-4-6-17-9-11-19(26-2)12-10-17/h3,5,7,9-13,15H,4,6,8,14H2,1-2H3. The van der Waals surface area contributed by atoms with E-state index >= 15 is 0 Å². The highest BCUT2D eigenvalue weighted by molar-refractivity contribution is 7.10. The molecular formula is C23H23ClO2S. The van der Waals surface area contributed by atoms with Gasteiger partial charge in [-0.05, 0) is 60.7 Å². The Morgan fingerprint density at radius 2 is 1.93 bits per heavy atom. The number of hydrogen-bond donors (Lipinski definition) is 0. The van der Waals surface area contributed by atoms with Crippen LogP contribution in [0.1, 0.15) is 44.8 Å². The number of benzene rings is 2. The Morgan fingerprint density at radius 3 is 2.63 bits per heavy atom. The number of halogens is 1. The van der Waals surface area contributed by atoms with Gasteiger partial charge in [0.1, 0.15) is 5.75 Å². The van der Waals surface area contributed by atoms with Gasteiger partial charge in [0.05, 0.1) is 7.11 Å². The number of hydrogen-bond acceptors (Lipinski definition) is 3. The molecule has 0 saturated heterocycles. The fourth-order valence-corrected chi connectivity index (χ4v) is 4.26. The van der Waals surface area contributed by atoms with E-state index in [1.165, 1.54) is 16.0 Å². The third kappa shape index (κ3) is 5.21. The number of methoxy groups -OCH3 is 1. The van der Waals surface area contributed by atoms with Crippen LogP contribution in [0.4, 0.5) is 0 Å². The Morgan fingerprint density at radius 1 is 1.15 bits per heavy atom. The lowest BCUT2D eigenvalue weighted by Gasteiger charge is -2.06. The van der Waals surface area contributed by atoms with Crippen molar-refractivity contribution in [3.63, 3.8) is 0 Å². The third-order valence-electron chi connectivity index (χ3n) is 4.71. The number of ether oxygens (including phenoxy) is 1. The Hall–Kier alpha value is -2.10. The zero-order chi connectivity index (χ0) is 19.2. The minimum absolute atomic E-state index is 0.210. The average molecular weight is 399 g/mol. The van der Waals surface area contributed by atoms with Gasteiger partial charge in [0.2, 0.25) is 0 Å². The number of aryl methyl sites for hydroxylation is 2. The zero-order valence-electron chi connectivity index (χ0n) is 15.6. The maximum Gasteiger partial charge on any atom is 0.163 e. The van der Waals surface area contributed by atoms with Crippen LogP contribution in [0.2, 0.25) is 5.02 Å². The van der Waals surface area contributed by atoms with Crippen LogP contribution >= 0.6 is 22.9 Å². The first-order valence-electron chi connectivity index (χ1n) is 9.04. The van der Waals surface area contributed by atoms with Crippen LogP contribution in [-0.2, 0) is 12.8 Å². The minimum atomic E-state index is 0.210. The first-order valence-corrected chi connectivity index (χ1v) is 10.3. The minimum Gasteiger partial charge on any atom is -0.497 e. The number of rotatable bonds is 8. The van der Waals surface area contributed by atoms with Crippen molar-refractivity contribution in [3.8, 4) is 5.75 Å². The van der Waals surface area contributed by atoms with Crippen molar-refractivity contribution in [3.05, 3.63) is 86.1 Å². The van der Waals surface area contributed by atoms with E-state index in [9.17, 15) is 4.79 Å². The fraction of sp³-hybridized carbons (Fsp3) is 0.261. The molecule has 2 aromatic carbocycles. The number of ketones is 1. The van der Waals surface area contributed by atoms with E-state index in [4.69, 9.17) is 16.3 Å². The van der Waals surface area contributed by atoms with Crippen molar-refractivity contribution in [1.82, 2.24) is 0 Å². The van der Waals surface area contributed by atoms with Crippen LogP contribution in [0.3, 0.4) is 0 Å². The topological polar surface area (TPSA) is 26.3 Å². The summed E-state index contributed by atoms with van der Waals surface area (Å²) >= 11 is 7.96. The molecule has 0 aliphatic rings. The van der Waals surface area contributed by atoms with E-state index in [2.05, 4.69) is 25.1 Å². The van der Waals surface area contributed by atoms with Gasteiger partial charge in [-0.3, -0.25) is 4.79 Å². The highest BCUT2D eigenvalue weighted by Crippen LogP contribution is 2.26. The van der Waals surface area contributed by atoms with Crippen LogP contribution in [0.15, 0.2) is 53.9 Å². The van der Waals surface area contributed by atoms with Gasteiger partial charge in [-0.2, -0.15) is 0 Å². The molecule has 0 spiro atoms. The molecule has 140 valence electrons. The summed E-state index contributed by atoms with van der Waals surface area (Å²) in [5, 5.41) is 2.76. The van der Waals surface area contributed by atoms with E-state index < -0.39 is 0 Å². The zero-order valence-corrected chi connectivity index (χ0v) is 17.2. The summed E-state index contributed by atoms with van der Waals surface area (Å²) in [5.41, 5.74) is 4.36. The van der Waals surface area contributed by atoms with Gasteiger partial charge in [0, 0.05) is 33.7 Å². The molecule has 0 N–H and O–H groups in total. The summed E-state index contributed by atoms with van der Waals surface area (Å²) in [7, 11) is 1.66. The largest absolute Gasteiger partial charge is 0.497 e. The monoisotopic (exact) mass is 398 g/mol. The van der Waals surface area contributed by atoms with Gasteiger partial charge in [-0.25, -0.2) is 0 Å². The maximum absolute atomic E-state index is 12.5. The molecule has 3 aromatic rings. The molecular weight excluding hydrogens is 376 g/mol. The first-order chi connectivity index (χ1) is 13.1. The van der Waals surface area contributed by atoms with Crippen LogP contribution < -0.4 is 4.74 Å². The Balaban J connectivity index is 1.55. The molecule has 0 saturated carbocycles. The quantitative estimate of drug-likeness (QED) is 0.404. The predicted octanol–water partition coefficient (Wildman–Crippen LogP) is 6.51. The van der Waals surface area contributed by atoms with E-state index in [-0.39, 0.29) is 5.78 Å². The number of carbonyl (C=O) groups excluding carboxylic acids is 1. The van der Waals surface area contributed by atoms with Gasteiger partial charge < -0.3 is 4.74 Å². The number of carbonyl (C=O) groups is 1. The van der Waals surface area contributed by atoms with Crippen molar-refractivity contribution in [2.75, 3.05) is 7.11 Å². The predicted molar refractivity (Wildman–Crippen MR) is 114 cm³/mol. The Kier molecular flexibility index (Phi) is 6.70. The van der Waals surface area contributed by atoms with Crippen molar-refractivity contribution in [2.45, 2.75) is 32.6 Å². The summed E-state index contributed by atoms with van der Waals surface area (Å²) in [6.45, 7) is 2.07. The molecule has 0 aliphatic carbocycles. The van der Waals surface area contributed by atoms with E-state index in [0.717, 1.165) is 41.2 Å². The molecule has 27 heavy (non-hydrogen) atoms. The van der Waals surface area contributed by atoms with Gasteiger partial charge in [-0.1, -0.05) is 35.9 Å². The maximum atomic E-state index is 12.5.